The third kappa shape index (κ3) is 18.6. The van der Waals surface area contributed by atoms with E-state index in [9.17, 15) is 4.79 Å². The van der Waals surface area contributed by atoms with Gasteiger partial charge in [-0.2, -0.15) is 0 Å². The van der Waals surface area contributed by atoms with Crippen LogP contribution in [0.3, 0.4) is 0 Å². The highest BCUT2D eigenvalue weighted by Gasteiger charge is 2.59. The van der Waals surface area contributed by atoms with Crippen molar-refractivity contribution in [3.05, 3.63) is 36.5 Å². The minimum absolute atomic E-state index is 0.0171. The lowest BCUT2D eigenvalue weighted by atomic mass is 9.81. The van der Waals surface area contributed by atoms with E-state index in [-0.39, 0.29) is 110 Å². The number of rotatable bonds is 14. The fourth-order valence-corrected chi connectivity index (χ4v) is 18.7. The van der Waals surface area contributed by atoms with Crippen LogP contribution in [0.25, 0.3) is 0 Å². The molecule has 0 aromatic heterocycles. The van der Waals surface area contributed by atoms with Gasteiger partial charge in [-0.15, -0.1) is 0 Å². The Bertz CT molecular complexity index is 2410. The molecule has 13 nitrogen and oxygen atoms in total. The predicted molar refractivity (Wildman–Crippen MR) is 371 cm³/mol. The molecule has 0 saturated carbocycles. The highest BCUT2D eigenvalue weighted by molar-refractivity contribution is 6.76. The van der Waals surface area contributed by atoms with Gasteiger partial charge in [-0.25, -0.2) is 0 Å². The van der Waals surface area contributed by atoms with Gasteiger partial charge in [-0.05, 0) is 159 Å². The van der Waals surface area contributed by atoms with Crippen LogP contribution >= 0.6 is 0 Å². The van der Waals surface area contributed by atoms with Crippen molar-refractivity contribution >= 4 is 53.2 Å². The van der Waals surface area contributed by atoms with Crippen LogP contribution in [0.15, 0.2) is 36.5 Å². The third-order valence-corrected chi connectivity index (χ3v) is 46.0. The van der Waals surface area contributed by atoms with Crippen LogP contribution in [0.5, 0.6) is 0 Å². The normalized spacial score (nSPS) is 34.5. The Morgan fingerprint density at radius 3 is 1.62 bits per heavy atom. The van der Waals surface area contributed by atoms with Gasteiger partial charge in [0.15, 0.2) is 47.4 Å². The summed E-state index contributed by atoms with van der Waals surface area (Å²) < 4.78 is 80.3. The first-order chi connectivity index (χ1) is 40.0. The molecule has 3 unspecified atom stereocenters. The molecule has 0 amide bonds. The van der Waals surface area contributed by atoms with E-state index in [1.807, 2.05) is 6.08 Å². The van der Waals surface area contributed by atoms with Crippen LogP contribution in [-0.4, -0.2) is 158 Å². The number of carbonyl (C=O) groups is 2. The second-order valence-electron chi connectivity index (χ2n) is 35.5. The first-order valence-electron chi connectivity index (χ1n) is 34.2. The van der Waals surface area contributed by atoms with Crippen LogP contribution in [0.1, 0.15) is 188 Å². The summed E-state index contributed by atoms with van der Waals surface area (Å²) in [4.78, 5) is 29.7. The van der Waals surface area contributed by atoms with E-state index in [2.05, 4.69) is 189 Å². The van der Waals surface area contributed by atoms with Gasteiger partial charge in [0.25, 0.3) is 0 Å². The van der Waals surface area contributed by atoms with Crippen molar-refractivity contribution < 1.29 is 60.1 Å². The highest BCUT2D eigenvalue weighted by Crippen LogP contribution is 2.50. The molecule has 8 aliphatic rings. The fraction of sp³-hybridized carbons (Fsp3) is 0.886. The Hall–Kier alpha value is -0.796. The number of ketones is 2. The van der Waals surface area contributed by atoms with Crippen LogP contribution in [0, 0.1) is 11.8 Å². The van der Waals surface area contributed by atoms with Crippen molar-refractivity contribution in [2.24, 2.45) is 11.8 Å². The SMILES string of the molecule is C=C1C[C@@H]2CCC(=O)/C=C/[C@H](O[Si](C)(C)C(C)(C)C)[C@@H]3O[C@H]4CCC(CC(=O)C[C@@H]5[C@@H](OC)[C@@H](C[C@@H](CO[Si](C)(C)C(C)(C)C)O[Si](C)(C)C(C)(C)C)O[C@H]5CC5O[C@@H](CCC1O2)C[C@@H](C)C5=C)O[C@@H]4[C@H](O[Si](C)(C)C(C)(C)C)[C@@H]3O[Si](C)(C)C(C)(C)C. The number of carbonyl (C=O) groups excluding carboxylic acids is 2. The summed E-state index contributed by atoms with van der Waals surface area (Å²) in [5.74, 6) is 0.0629. The van der Waals surface area contributed by atoms with Crippen molar-refractivity contribution in [1.29, 1.82) is 0 Å². The largest absolute Gasteiger partial charge is 0.414 e. The molecular formula is C70H130O13Si5. The summed E-state index contributed by atoms with van der Waals surface area (Å²) >= 11 is 0. The Morgan fingerprint density at radius 1 is 0.545 bits per heavy atom. The lowest BCUT2D eigenvalue weighted by Gasteiger charge is -2.56. The van der Waals surface area contributed by atoms with Gasteiger partial charge in [-0.1, -0.05) is 130 Å². The molecule has 18 heteroatoms. The monoisotopic (exact) mass is 1320 g/mol. The van der Waals surface area contributed by atoms with Crippen LogP contribution < -0.4 is 0 Å². The van der Waals surface area contributed by atoms with Crippen LogP contribution in [-0.2, 0) is 60.1 Å². The smallest absolute Gasteiger partial charge is 0.193 e. The van der Waals surface area contributed by atoms with E-state index >= 15 is 4.79 Å². The average Bonchev–Trinajstić information content (AvgIpc) is 0.954. The fourth-order valence-electron chi connectivity index (χ4n) is 12.4. The lowest BCUT2D eigenvalue weighted by molar-refractivity contribution is -0.266. The number of hydrogen-bond acceptors (Lipinski definition) is 13. The quantitative estimate of drug-likeness (QED) is 0.121. The number of hydrogen-bond donors (Lipinski definition) is 0. The second-order valence-corrected chi connectivity index (χ2v) is 59.4. The summed E-state index contributed by atoms with van der Waals surface area (Å²) in [6.07, 6.45) is 4.93. The molecule has 5 saturated heterocycles. The zero-order valence-electron chi connectivity index (χ0n) is 60.9. The molecule has 88 heavy (non-hydrogen) atoms. The third-order valence-electron chi connectivity index (χ3n) is 23.5. The molecule has 0 aromatic carbocycles. The van der Waals surface area contributed by atoms with E-state index in [0.717, 1.165) is 36.8 Å². The summed E-state index contributed by atoms with van der Waals surface area (Å²) in [5.41, 5.74) is 2.13. The molecule has 8 rings (SSSR count). The van der Waals surface area contributed by atoms with Crippen LogP contribution in [0.2, 0.25) is 90.7 Å². The van der Waals surface area contributed by atoms with Crippen molar-refractivity contribution in [2.75, 3.05) is 13.7 Å². The Balaban J connectivity index is 1.45. The minimum atomic E-state index is -2.60. The number of allylic oxidation sites excluding steroid dienone is 1. The van der Waals surface area contributed by atoms with Gasteiger partial charge >= 0.3 is 0 Å². The highest BCUT2D eigenvalue weighted by atomic mass is 28.4. The van der Waals surface area contributed by atoms with E-state index in [0.29, 0.717) is 45.1 Å². The lowest BCUT2D eigenvalue weighted by Crippen LogP contribution is -2.69. The number of methoxy groups -OCH3 is 1. The Kier molecular flexibility index (Phi) is 24.7. The summed E-state index contributed by atoms with van der Waals surface area (Å²) in [6.45, 7) is 68.9. The van der Waals surface area contributed by atoms with Crippen molar-refractivity contribution in [2.45, 2.75) is 370 Å². The van der Waals surface area contributed by atoms with Gasteiger partial charge in [-0.3, -0.25) is 9.59 Å². The zero-order valence-corrected chi connectivity index (χ0v) is 65.9. The van der Waals surface area contributed by atoms with Crippen molar-refractivity contribution in [3.63, 3.8) is 0 Å². The van der Waals surface area contributed by atoms with Crippen molar-refractivity contribution in [1.82, 2.24) is 0 Å². The van der Waals surface area contributed by atoms with Gasteiger partial charge in [0.05, 0.1) is 73.8 Å². The summed E-state index contributed by atoms with van der Waals surface area (Å²) in [7, 11) is -10.4. The molecule has 0 spiro atoms. The average molecular weight is 1320 g/mol. The van der Waals surface area contributed by atoms with E-state index < -0.39 is 84.3 Å². The maximum absolute atomic E-state index is 15.4. The molecule has 508 valence electrons. The first kappa shape index (κ1) is 76.2. The first-order valence-corrected chi connectivity index (χ1v) is 48.8. The van der Waals surface area contributed by atoms with E-state index in [1.54, 1.807) is 13.2 Å². The van der Waals surface area contributed by atoms with E-state index in [1.165, 1.54) is 0 Å². The van der Waals surface area contributed by atoms with E-state index in [4.69, 9.17) is 50.6 Å². The number of ether oxygens (including phenoxy) is 6. The molecule has 0 aliphatic carbocycles. The summed E-state index contributed by atoms with van der Waals surface area (Å²) in [6, 6.07) is 0. The van der Waals surface area contributed by atoms with Gasteiger partial charge < -0.3 is 50.6 Å². The molecule has 17 atom stereocenters. The molecule has 5 fully saturated rings. The molecular weight excluding hydrogens is 1190 g/mol. The molecule has 8 bridgehead atoms. The molecule has 8 aliphatic heterocycles. The van der Waals surface area contributed by atoms with Crippen LogP contribution in [0.4, 0.5) is 0 Å². The molecule has 0 aromatic rings. The standard InChI is InChI=1S/C70H130O13Si5/c1-45-38-51-33-36-55-46(2)39-50(75-55)32-30-48(71)31-35-57(81-86(24,25)68(10,11)12)63-65(83-88(28,29)70(16,17)18)64(82-87(26,27)69(13,14)15)62-56(79-63)37-34-52(77-62)40-49(72)41-54-59(43-58(76-51)47(45)3)78-60(61(54)73-19)42-53(80-85(22,23)67(7,8)9)44-74-84(20,21)66(4,5)6/h31,35,45,50-65H,2-3,30,32-34,36-44H2,1,4-29H3/b35-31+/t45-,50+,51+,52?,53+,54+,55?,56+,57+,58?,59+,60-,61-,62+,63+,64+,65-/m1/s1. The second kappa shape index (κ2) is 28.5. The van der Waals surface area contributed by atoms with Gasteiger partial charge in [0.2, 0.25) is 0 Å². The van der Waals surface area contributed by atoms with Gasteiger partial charge in [0.1, 0.15) is 30.2 Å². The number of Topliss-reactive ketones (excluding diaryl/α,β-unsaturated/α-hetero) is 1. The van der Waals surface area contributed by atoms with Gasteiger partial charge in [0, 0.05) is 45.1 Å². The molecule has 0 N–H and O–H groups in total. The predicted octanol–water partition coefficient (Wildman–Crippen LogP) is 17.2. The minimum Gasteiger partial charge on any atom is -0.414 e. The topological polar surface area (TPSA) is 136 Å². The Labute approximate surface area is 542 Å². The molecule has 8 heterocycles. The number of fused-ring (bicyclic) bond motifs is 2. The maximum atomic E-state index is 15.4. The Morgan fingerprint density at radius 2 is 1.07 bits per heavy atom. The molecule has 0 radical (unpaired) electrons. The maximum Gasteiger partial charge on any atom is 0.193 e. The zero-order chi connectivity index (χ0) is 66.5. The van der Waals surface area contributed by atoms with Crippen molar-refractivity contribution in [3.8, 4) is 0 Å². The summed E-state index contributed by atoms with van der Waals surface area (Å²) in [5, 5.41) is -0.482.